The first-order valence-corrected chi connectivity index (χ1v) is 10.0. The van der Waals surface area contributed by atoms with Crippen molar-refractivity contribution in [1.29, 1.82) is 0 Å². The number of hydrogen-bond acceptors (Lipinski definition) is 2. The molecule has 2 nitrogen and oxygen atoms in total. The van der Waals surface area contributed by atoms with E-state index in [1.165, 1.54) is 11.6 Å². The Morgan fingerprint density at radius 1 is 1.07 bits per heavy atom. The molecule has 2 aliphatic rings. The summed E-state index contributed by atoms with van der Waals surface area (Å²) >= 11 is 5.90. The standard InChI is InChI=1S/C24H24ClFO2/c1-23(2)20(22(27)24(3,4)28-23)12-16-11-15(7-9-18(16)14-5-6-14)19-10-8-17(25)13-21(19)26/h7-14H,5-6H2,1-4H3/b20-12+. The summed E-state index contributed by atoms with van der Waals surface area (Å²) < 4.78 is 20.5. The fourth-order valence-corrected chi connectivity index (χ4v) is 4.25. The van der Waals surface area contributed by atoms with Gasteiger partial charge in [-0.05, 0) is 93.5 Å². The monoisotopic (exact) mass is 398 g/mol. The summed E-state index contributed by atoms with van der Waals surface area (Å²) in [5, 5.41) is 0.371. The number of benzene rings is 2. The second-order valence-corrected chi connectivity index (χ2v) is 9.19. The van der Waals surface area contributed by atoms with Crippen molar-refractivity contribution in [1.82, 2.24) is 0 Å². The van der Waals surface area contributed by atoms with Crippen LogP contribution >= 0.6 is 11.6 Å². The van der Waals surface area contributed by atoms with Crippen LogP contribution in [0.3, 0.4) is 0 Å². The second kappa shape index (κ2) is 6.53. The Hall–Kier alpha value is -1.97. The van der Waals surface area contributed by atoms with Crippen LogP contribution in [0.5, 0.6) is 0 Å². The zero-order valence-corrected chi connectivity index (χ0v) is 17.4. The fourth-order valence-electron chi connectivity index (χ4n) is 4.09. The van der Waals surface area contributed by atoms with Crippen LogP contribution in [-0.4, -0.2) is 17.0 Å². The van der Waals surface area contributed by atoms with Crippen LogP contribution in [0, 0.1) is 5.82 Å². The summed E-state index contributed by atoms with van der Waals surface area (Å²) in [6, 6.07) is 10.7. The summed E-state index contributed by atoms with van der Waals surface area (Å²) in [5.41, 5.74) is 2.60. The van der Waals surface area contributed by atoms with Crippen molar-refractivity contribution in [2.75, 3.05) is 0 Å². The molecular weight excluding hydrogens is 375 g/mol. The van der Waals surface area contributed by atoms with E-state index in [9.17, 15) is 9.18 Å². The van der Waals surface area contributed by atoms with E-state index in [1.54, 1.807) is 26.0 Å². The van der Waals surface area contributed by atoms with Crippen LogP contribution in [0.15, 0.2) is 42.0 Å². The van der Waals surface area contributed by atoms with Gasteiger partial charge in [0.25, 0.3) is 0 Å². The van der Waals surface area contributed by atoms with Crippen LogP contribution in [0.4, 0.5) is 4.39 Å². The molecule has 1 saturated heterocycles. The second-order valence-electron chi connectivity index (χ2n) is 8.75. The van der Waals surface area contributed by atoms with E-state index in [0.717, 1.165) is 24.0 Å². The molecule has 0 atom stereocenters. The van der Waals surface area contributed by atoms with Gasteiger partial charge in [0.05, 0.1) is 5.60 Å². The maximum atomic E-state index is 14.5. The lowest BCUT2D eigenvalue weighted by Crippen LogP contribution is -2.29. The van der Waals surface area contributed by atoms with Gasteiger partial charge >= 0.3 is 0 Å². The molecule has 0 N–H and O–H groups in total. The van der Waals surface area contributed by atoms with Gasteiger partial charge < -0.3 is 4.74 Å². The molecule has 0 radical (unpaired) electrons. The molecule has 0 spiro atoms. The van der Waals surface area contributed by atoms with E-state index >= 15 is 0 Å². The molecule has 1 saturated carbocycles. The fraction of sp³-hybridized carbons (Fsp3) is 0.375. The highest BCUT2D eigenvalue weighted by Crippen LogP contribution is 2.45. The molecule has 2 aromatic carbocycles. The lowest BCUT2D eigenvalue weighted by molar-refractivity contribution is -0.132. The lowest BCUT2D eigenvalue weighted by atomic mass is 9.88. The Kier molecular flexibility index (Phi) is 4.52. The van der Waals surface area contributed by atoms with Crippen molar-refractivity contribution in [3.05, 3.63) is 63.9 Å². The number of carbonyl (C=O) groups excluding carboxylic acids is 1. The topological polar surface area (TPSA) is 26.3 Å². The third kappa shape index (κ3) is 3.42. The van der Waals surface area contributed by atoms with E-state index in [1.807, 2.05) is 32.1 Å². The van der Waals surface area contributed by atoms with Gasteiger partial charge in [-0.2, -0.15) is 0 Å². The first kappa shape index (κ1) is 19.4. The predicted octanol–water partition coefficient (Wildman–Crippen LogP) is 6.56. The van der Waals surface area contributed by atoms with E-state index in [0.29, 0.717) is 22.1 Å². The molecule has 1 aliphatic carbocycles. The highest BCUT2D eigenvalue weighted by atomic mass is 35.5. The molecule has 1 heterocycles. The number of Topliss-reactive ketones (excluding diaryl/α,β-unsaturated/α-hetero) is 1. The van der Waals surface area contributed by atoms with Crippen LogP contribution in [0.1, 0.15) is 57.6 Å². The maximum Gasteiger partial charge on any atom is 0.192 e. The molecule has 4 heteroatoms. The Balaban J connectivity index is 1.85. The largest absolute Gasteiger partial charge is 0.357 e. The molecule has 0 amide bonds. The van der Waals surface area contributed by atoms with E-state index in [2.05, 4.69) is 6.07 Å². The van der Waals surface area contributed by atoms with Gasteiger partial charge in [0.15, 0.2) is 5.78 Å². The van der Waals surface area contributed by atoms with Gasteiger partial charge in [-0.15, -0.1) is 0 Å². The molecule has 1 aliphatic heterocycles. The Labute approximate surface area is 170 Å². The van der Waals surface area contributed by atoms with Crippen molar-refractivity contribution in [2.24, 2.45) is 0 Å². The van der Waals surface area contributed by atoms with E-state index in [4.69, 9.17) is 16.3 Å². The van der Waals surface area contributed by atoms with Gasteiger partial charge in [-0.25, -0.2) is 4.39 Å². The number of halogens is 2. The molecular formula is C24H24ClFO2. The highest BCUT2D eigenvalue weighted by Gasteiger charge is 2.49. The Morgan fingerprint density at radius 2 is 1.79 bits per heavy atom. The first-order chi connectivity index (χ1) is 13.1. The number of carbonyl (C=O) groups is 1. The Morgan fingerprint density at radius 3 is 2.36 bits per heavy atom. The zero-order chi connectivity index (χ0) is 20.3. The molecule has 0 unspecified atom stereocenters. The smallest absolute Gasteiger partial charge is 0.192 e. The third-order valence-electron chi connectivity index (χ3n) is 5.60. The van der Waals surface area contributed by atoms with Crippen molar-refractivity contribution in [3.8, 4) is 11.1 Å². The molecule has 2 aromatic rings. The van der Waals surface area contributed by atoms with Crippen molar-refractivity contribution < 1.29 is 13.9 Å². The molecule has 146 valence electrons. The summed E-state index contributed by atoms with van der Waals surface area (Å²) in [6.45, 7) is 7.45. The van der Waals surface area contributed by atoms with Crippen LogP contribution in [0.2, 0.25) is 5.02 Å². The number of rotatable bonds is 3. The maximum absolute atomic E-state index is 14.5. The average molecular weight is 399 g/mol. The van der Waals surface area contributed by atoms with Crippen molar-refractivity contribution in [3.63, 3.8) is 0 Å². The summed E-state index contributed by atoms with van der Waals surface area (Å²) in [4.78, 5) is 12.9. The quantitative estimate of drug-likeness (QED) is 0.547. The zero-order valence-electron chi connectivity index (χ0n) is 16.6. The van der Waals surface area contributed by atoms with Crippen molar-refractivity contribution >= 4 is 23.5 Å². The molecule has 0 bridgehead atoms. The molecule has 2 fully saturated rings. The summed E-state index contributed by atoms with van der Waals surface area (Å²) in [7, 11) is 0. The normalized spacial score (nSPS) is 22.1. The third-order valence-corrected chi connectivity index (χ3v) is 5.83. The van der Waals surface area contributed by atoms with E-state index < -0.39 is 11.2 Å². The van der Waals surface area contributed by atoms with E-state index in [-0.39, 0.29) is 11.6 Å². The highest BCUT2D eigenvalue weighted by molar-refractivity contribution is 6.30. The molecule has 4 rings (SSSR count). The minimum absolute atomic E-state index is 0.00215. The van der Waals surface area contributed by atoms with Gasteiger partial charge in [0.1, 0.15) is 11.4 Å². The van der Waals surface area contributed by atoms with Crippen LogP contribution in [0.25, 0.3) is 17.2 Å². The molecule has 28 heavy (non-hydrogen) atoms. The van der Waals surface area contributed by atoms with Crippen LogP contribution < -0.4 is 0 Å². The van der Waals surface area contributed by atoms with Crippen LogP contribution in [-0.2, 0) is 9.53 Å². The minimum atomic E-state index is -0.838. The minimum Gasteiger partial charge on any atom is -0.357 e. The van der Waals surface area contributed by atoms with Gasteiger partial charge in [-0.1, -0.05) is 23.7 Å². The number of hydrogen-bond donors (Lipinski definition) is 0. The predicted molar refractivity (Wildman–Crippen MR) is 111 cm³/mol. The summed E-state index contributed by atoms with van der Waals surface area (Å²) in [5.74, 6) is 0.152. The van der Waals surface area contributed by atoms with Gasteiger partial charge in [0, 0.05) is 16.2 Å². The van der Waals surface area contributed by atoms with Crippen molar-refractivity contribution in [2.45, 2.75) is 57.7 Å². The number of ketones is 1. The Bertz CT molecular complexity index is 1000. The van der Waals surface area contributed by atoms with Gasteiger partial charge in [-0.3, -0.25) is 4.79 Å². The SMILES string of the molecule is CC1(C)OC(C)(C)/C(=C/c2cc(-c3ccc(Cl)cc3F)ccc2C2CC2)C1=O. The van der Waals surface area contributed by atoms with Gasteiger partial charge in [0.2, 0.25) is 0 Å². The summed E-state index contributed by atoms with van der Waals surface area (Å²) in [6.07, 6.45) is 4.23. The number of ether oxygens (including phenoxy) is 1. The average Bonchev–Trinajstić information content (AvgIpc) is 3.40. The first-order valence-electron chi connectivity index (χ1n) is 9.65. The lowest BCUT2D eigenvalue weighted by Gasteiger charge is -2.22. The molecule has 0 aromatic heterocycles.